The molecule has 57 heavy (non-hydrogen) atoms. The van der Waals surface area contributed by atoms with E-state index < -0.39 is 0 Å². The summed E-state index contributed by atoms with van der Waals surface area (Å²) < 4.78 is 0. The molecule has 1 saturated carbocycles. The second-order valence-electron chi connectivity index (χ2n) is 19.1. The third kappa shape index (κ3) is 5.51. The highest BCUT2D eigenvalue weighted by molar-refractivity contribution is 5.97. The van der Waals surface area contributed by atoms with Gasteiger partial charge < -0.3 is 10.2 Å². The van der Waals surface area contributed by atoms with Crippen LogP contribution in [0.25, 0.3) is 44.2 Å². The number of hydrogen-bond acceptors (Lipinski definition) is 2. The van der Waals surface area contributed by atoms with Crippen LogP contribution in [0, 0.1) is 0 Å². The van der Waals surface area contributed by atoms with E-state index in [0.29, 0.717) is 0 Å². The van der Waals surface area contributed by atoms with Crippen molar-refractivity contribution >= 4 is 33.5 Å². The van der Waals surface area contributed by atoms with Crippen molar-refractivity contribution in [1.29, 1.82) is 0 Å². The second-order valence-corrected chi connectivity index (χ2v) is 19.1. The molecule has 2 unspecified atom stereocenters. The van der Waals surface area contributed by atoms with Gasteiger partial charge in [0.05, 0.1) is 5.54 Å². The average molecular weight is 743 g/mol. The second kappa shape index (κ2) is 12.7. The molecule has 1 heterocycles. The molecule has 3 aliphatic rings. The highest BCUT2D eigenvalue weighted by atomic mass is 15.3. The van der Waals surface area contributed by atoms with Gasteiger partial charge in [-0.1, -0.05) is 151 Å². The number of anilines is 4. The molecular formula is C55H54N2. The van der Waals surface area contributed by atoms with E-state index in [1.807, 2.05) is 0 Å². The van der Waals surface area contributed by atoms with E-state index in [-0.39, 0.29) is 21.8 Å². The molecule has 1 N–H and O–H groups in total. The van der Waals surface area contributed by atoms with Gasteiger partial charge in [-0.05, 0) is 135 Å². The maximum Gasteiger partial charge on any atom is 0.0517 e. The van der Waals surface area contributed by atoms with Gasteiger partial charge in [0.2, 0.25) is 0 Å². The molecule has 0 radical (unpaired) electrons. The number of rotatable bonds is 5. The Morgan fingerprint density at radius 1 is 0.526 bits per heavy atom. The zero-order valence-electron chi connectivity index (χ0n) is 34.6. The standard InChI is InChI=1S/C55H54N2/c1-52(2,3)41-23-26-51-49(34-41)54(6)27-15-16-28-55(54,7)57(51)43-30-39(36-17-9-8-10-18-36)29-40(31-43)46-32-37-19-11-12-20-38(37)33-50(46)56-42-24-25-45-44-21-13-14-22-47(44)53(4,5)48(45)35-42/h8-14,17-26,29-35,56H,15-16,27-28H2,1-7H3. The highest BCUT2D eigenvalue weighted by Gasteiger charge is 2.57. The van der Waals surface area contributed by atoms with Crippen molar-refractivity contribution in [3.05, 3.63) is 168 Å². The minimum Gasteiger partial charge on any atom is -0.355 e. The van der Waals surface area contributed by atoms with Crippen LogP contribution in [0.2, 0.25) is 0 Å². The Labute approximate surface area is 339 Å². The maximum atomic E-state index is 3.99. The lowest BCUT2D eigenvalue weighted by Gasteiger charge is -2.50. The summed E-state index contributed by atoms with van der Waals surface area (Å²) in [6.07, 6.45) is 4.88. The molecule has 0 amide bonds. The Hall–Kier alpha value is -5.60. The SMILES string of the molecule is CC(C)(C)c1ccc2c(c1)C1(C)CCCCC1(C)N2c1cc(-c2ccccc2)cc(-c2cc3ccccc3cc2Nc2ccc3c(c2)C(C)(C)c2ccccc2-3)c1. The lowest BCUT2D eigenvalue weighted by molar-refractivity contribution is 0.195. The zero-order chi connectivity index (χ0) is 39.3. The van der Waals surface area contributed by atoms with Crippen molar-refractivity contribution in [1.82, 2.24) is 0 Å². The molecule has 0 saturated heterocycles. The van der Waals surface area contributed by atoms with E-state index in [2.05, 4.69) is 204 Å². The van der Waals surface area contributed by atoms with Gasteiger partial charge in [0.15, 0.2) is 0 Å². The number of fused-ring (bicyclic) bond motifs is 7. The molecule has 7 aromatic carbocycles. The smallest absolute Gasteiger partial charge is 0.0517 e. The number of hydrogen-bond donors (Lipinski definition) is 1. The van der Waals surface area contributed by atoms with Crippen LogP contribution in [0.15, 0.2) is 146 Å². The summed E-state index contributed by atoms with van der Waals surface area (Å²) >= 11 is 0. The minimum atomic E-state index is -0.0713. The van der Waals surface area contributed by atoms with Crippen LogP contribution < -0.4 is 10.2 Å². The summed E-state index contributed by atoms with van der Waals surface area (Å²) in [6.45, 7) is 16.9. The van der Waals surface area contributed by atoms with Crippen LogP contribution in [0.5, 0.6) is 0 Å². The van der Waals surface area contributed by atoms with Gasteiger partial charge in [0.1, 0.15) is 0 Å². The Morgan fingerprint density at radius 3 is 2.00 bits per heavy atom. The fourth-order valence-corrected chi connectivity index (χ4v) is 10.8. The molecule has 0 bridgehead atoms. The first kappa shape index (κ1) is 35.8. The molecule has 2 heteroatoms. The molecule has 1 aliphatic heterocycles. The molecule has 0 aromatic heterocycles. The van der Waals surface area contributed by atoms with Crippen molar-refractivity contribution in [2.45, 2.75) is 95.9 Å². The Bertz CT molecular complexity index is 2710. The fraction of sp³-hybridized carbons (Fsp3) is 0.273. The van der Waals surface area contributed by atoms with Crippen molar-refractivity contribution in [2.75, 3.05) is 10.2 Å². The number of nitrogens with one attached hydrogen (secondary N) is 1. The molecule has 10 rings (SSSR count). The molecule has 0 spiro atoms. The van der Waals surface area contributed by atoms with Gasteiger partial charge in [-0.25, -0.2) is 0 Å². The summed E-state index contributed by atoms with van der Waals surface area (Å²) in [6, 6.07) is 55.1. The van der Waals surface area contributed by atoms with E-state index in [1.54, 1.807) is 0 Å². The largest absolute Gasteiger partial charge is 0.355 e. The molecule has 1 fully saturated rings. The third-order valence-electron chi connectivity index (χ3n) is 14.3. The topological polar surface area (TPSA) is 15.3 Å². The average Bonchev–Trinajstić information content (AvgIpc) is 3.57. The van der Waals surface area contributed by atoms with Crippen molar-refractivity contribution in [3.63, 3.8) is 0 Å². The van der Waals surface area contributed by atoms with Gasteiger partial charge in [0, 0.05) is 39.1 Å². The van der Waals surface area contributed by atoms with E-state index >= 15 is 0 Å². The van der Waals surface area contributed by atoms with Crippen LogP contribution in [0.1, 0.15) is 96.4 Å². The maximum absolute atomic E-state index is 3.99. The summed E-state index contributed by atoms with van der Waals surface area (Å²) in [7, 11) is 0. The quantitative estimate of drug-likeness (QED) is 0.189. The van der Waals surface area contributed by atoms with Gasteiger partial charge >= 0.3 is 0 Å². The summed E-state index contributed by atoms with van der Waals surface area (Å²) in [4.78, 5) is 2.75. The number of nitrogens with zero attached hydrogens (tertiary/aromatic N) is 1. The summed E-state index contributed by atoms with van der Waals surface area (Å²) in [5.74, 6) is 0. The van der Waals surface area contributed by atoms with Crippen molar-refractivity contribution < 1.29 is 0 Å². The lowest BCUT2D eigenvalue weighted by Crippen LogP contribution is -2.54. The summed E-state index contributed by atoms with van der Waals surface area (Å²) in [5, 5.41) is 6.45. The normalized spacial score (nSPS) is 20.5. The number of benzene rings is 7. The van der Waals surface area contributed by atoms with Crippen LogP contribution in [-0.2, 0) is 16.2 Å². The molecule has 7 aromatic rings. The lowest BCUT2D eigenvalue weighted by atomic mass is 9.61. The summed E-state index contributed by atoms with van der Waals surface area (Å²) in [5.41, 5.74) is 18.1. The molecule has 2 atom stereocenters. The monoisotopic (exact) mass is 742 g/mol. The van der Waals surface area contributed by atoms with E-state index in [9.17, 15) is 0 Å². The fourth-order valence-electron chi connectivity index (χ4n) is 10.8. The van der Waals surface area contributed by atoms with E-state index in [1.165, 1.54) is 97.0 Å². The first-order valence-electron chi connectivity index (χ1n) is 21.1. The Balaban J connectivity index is 1.17. The predicted molar refractivity (Wildman–Crippen MR) is 244 cm³/mol. The molecular weight excluding hydrogens is 689 g/mol. The van der Waals surface area contributed by atoms with Gasteiger partial charge in [0.25, 0.3) is 0 Å². The zero-order valence-corrected chi connectivity index (χ0v) is 34.6. The minimum absolute atomic E-state index is 0.0431. The Kier molecular flexibility index (Phi) is 7.98. The van der Waals surface area contributed by atoms with Crippen molar-refractivity contribution in [2.24, 2.45) is 0 Å². The van der Waals surface area contributed by atoms with Gasteiger partial charge in [-0.15, -0.1) is 0 Å². The van der Waals surface area contributed by atoms with Gasteiger partial charge in [-0.2, -0.15) is 0 Å². The molecule has 2 aliphatic carbocycles. The first-order chi connectivity index (χ1) is 27.3. The van der Waals surface area contributed by atoms with E-state index in [4.69, 9.17) is 0 Å². The van der Waals surface area contributed by atoms with Gasteiger partial charge in [-0.3, -0.25) is 0 Å². The Morgan fingerprint density at radius 2 is 1.21 bits per heavy atom. The molecule has 284 valence electrons. The van der Waals surface area contributed by atoms with Crippen LogP contribution in [0.3, 0.4) is 0 Å². The predicted octanol–water partition coefficient (Wildman–Crippen LogP) is 15.3. The van der Waals surface area contributed by atoms with Crippen LogP contribution in [-0.4, -0.2) is 5.54 Å². The van der Waals surface area contributed by atoms with E-state index in [0.717, 1.165) is 17.8 Å². The van der Waals surface area contributed by atoms with Crippen LogP contribution >= 0.6 is 0 Å². The highest BCUT2D eigenvalue weighted by Crippen LogP contribution is 2.62. The third-order valence-corrected chi connectivity index (χ3v) is 14.3. The molecule has 2 nitrogen and oxygen atoms in total. The van der Waals surface area contributed by atoms with Crippen LogP contribution in [0.4, 0.5) is 22.7 Å². The van der Waals surface area contributed by atoms with Crippen molar-refractivity contribution in [3.8, 4) is 33.4 Å². The first-order valence-corrected chi connectivity index (χ1v) is 21.1.